The molecule has 0 radical (unpaired) electrons. The maximum atomic E-state index is 11.7. The SMILES string of the molecule is O=C1C=C(Nc2cccc(C(=O)O)c2)C(Nc2cccc(C(=O)O)c2)=NC1=O. The zero-order chi connectivity index (χ0) is 20.3. The largest absolute Gasteiger partial charge is 0.478 e. The van der Waals surface area contributed by atoms with Crippen molar-refractivity contribution in [1.29, 1.82) is 0 Å². The molecule has 1 aliphatic heterocycles. The van der Waals surface area contributed by atoms with E-state index in [2.05, 4.69) is 15.6 Å². The van der Waals surface area contributed by atoms with E-state index in [9.17, 15) is 19.2 Å². The van der Waals surface area contributed by atoms with Gasteiger partial charge in [-0.25, -0.2) is 9.59 Å². The number of dihydropyridines is 1. The van der Waals surface area contributed by atoms with Crippen molar-refractivity contribution >= 4 is 40.8 Å². The lowest BCUT2D eigenvalue weighted by Gasteiger charge is -2.18. The van der Waals surface area contributed by atoms with Crippen LogP contribution in [0.3, 0.4) is 0 Å². The summed E-state index contributed by atoms with van der Waals surface area (Å²) in [7, 11) is 0. The first-order chi connectivity index (χ1) is 13.3. The molecule has 0 saturated heterocycles. The first kappa shape index (κ1) is 18.5. The Hall–Kier alpha value is -4.27. The summed E-state index contributed by atoms with van der Waals surface area (Å²) >= 11 is 0. The van der Waals surface area contributed by atoms with Crippen LogP contribution >= 0.6 is 0 Å². The number of amidine groups is 1. The molecule has 0 fully saturated rings. The molecule has 1 amide bonds. The van der Waals surface area contributed by atoms with Gasteiger partial charge in [0.25, 0.3) is 0 Å². The van der Waals surface area contributed by atoms with Gasteiger partial charge in [-0.1, -0.05) is 12.1 Å². The lowest BCUT2D eigenvalue weighted by atomic mass is 10.1. The zero-order valence-corrected chi connectivity index (χ0v) is 14.2. The van der Waals surface area contributed by atoms with E-state index in [4.69, 9.17) is 10.2 Å². The fourth-order valence-corrected chi connectivity index (χ4v) is 2.42. The Morgan fingerprint density at radius 1 is 0.821 bits per heavy atom. The number of hydrogen-bond donors (Lipinski definition) is 4. The normalized spacial score (nSPS) is 13.4. The first-order valence-electron chi connectivity index (χ1n) is 7.93. The fraction of sp³-hybridized carbons (Fsp3) is 0. The average Bonchev–Trinajstić information content (AvgIpc) is 2.66. The summed E-state index contributed by atoms with van der Waals surface area (Å²) in [5.74, 6) is -4.08. The smallest absolute Gasteiger partial charge is 0.335 e. The van der Waals surface area contributed by atoms with Gasteiger partial charge >= 0.3 is 17.8 Å². The minimum Gasteiger partial charge on any atom is -0.478 e. The number of benzene rings is 2. The van der Waals surface area contributed by atoms with E-state index < -0.39 is 23.6 Å². The molecule has 9 heteroatoms. The van der Waals surface area contributed by atoms with Gasteiger partial charge in [-0.05, 0) is 36.4 Å². The number of ketones is 1. The number of rotatable bonds is 5. The number of anilines is 2. The number of carbonyl (C=O) groups is 4. The van der Waals surface area contributed by atoms with Gasteiger partial charge in [0.1, 0.15) is 0 Å². The number of carboxylic acid groups (broad SMARTS) is 2. The van der Waals surface area contributed by atoms with E-state index >= 15 is 0 Å². The van der Waals surface area contributed by atoms with E-state index in [1.54, 1.807) is 12.1 Å². The third-order valence-electron chi connectivity index (χ3n) is 3.72. The molecule has 0 saturated carbocycles. The molecular formula is C19H13N3O6. The van der Waals surface area contributed by atoms with Crippen LogP contribution < -0.4 is 10.6 Å². The Labute approximate surface area is 158 Å². The van der Waals surface area contributed by atoms with Crippen LogP contribution in [0.5, 0.6) is 0 Å². The van der Waals surface area contributed by atoms with Crippen molar-refractivity contribution in [3.63, 3.8) is 0 Å². The van der Waals surface area contributed by atoms with Gasteiger partial charge in [0, 0.05) is 17.5 Å². The van der Waals surface area contributed by atoms with Crippen molar-refractivity contribution in [1.82, 2.24) is 0 Å². The lowest BCUT2D eigenvalue weighted by molar-refractivity contribution is -0.133. The number of carbonyl (C=O) groups excluding carboxylic acids is 2. The Morgan fingerprint density at radius 2 is 1.36 bits per heavy atom. The second-order valence-electron chi connectivity index (χ2n) is 5.71. The molecule has 0 unspecified atom stereocenters. The fourth-order valence-electron chi connectivity index (χ4n) is 2.42. The maximum Gasteiger partial charge on any atom is 0.335 e. The number of nitrogens with zero attached hydrogens (tertiary/aromatic N) is 1. The highest BCUT2D eigenvalue weighted by Gasteiger charge is 2.23. The Morgan fingerprint density at radius 3 is 1.89 bits per heavy atom. The molecule has 1 aliphatic rings. The van der Waals surface area contributed by atoms with Crippen LogP contribution in [0, 0.1) is 0 Å². The third kappa shape index (κ3) is 4.10. The van der Waals surface area contributed by atoms with Crippen molar-refractivity contribution in [2.45, 2.75) is 0 Å². The summed E-state index contributed by atoms with van der Waals surface area (Å²) in [6.07, 6.45) is 1.03. The van der Waals surface area contributed by atoms with Crippen molar-refractivity contribution in [3.05, 3.63) is 71.4 Å². The summed E-state index contributed by atoms with van der Waals surface area (Å²) < 4.78 is 0. The minimum atomic E-state index is -1.13. The summed E-state index contributed by atoms with van der Waals surface area (Å²) in [6, 6.07) is 11.7. The maximum absolute atomic E-state index is 11.7. The van der Waals surface area contributed by atoms with Crippen molar-refractivity contribution in [3.8, 4) is 0 Å². The molecular weight excluding hydrogens is 366 g/mol. The highest BCUT2D eigenvalue weighted by atomic mass is 16.4. The number of amides is 1. The number of hydrogen-bond acceptors (Lipinski definition) is 6. The number of carboxylic acids is 2. The summed E-state index contributed by atoms with van der Waals surface area (Å²) in [5.41, 5.74) is 0.892. The van der Waals surface area contributed by atoms with Crippen molar-refractivity contribution in [2.75, 3.05) is 10.6 Å². The second-order valence-corrected chi connectivity index (χ2v) is 5.71. The topological polar surface area (TPSA) is 145 Å². The van der Waals surface area contributed by atoms with E-state index in [0.29, 0.717) is 11.4 Å². The summed E-state index contributed by atoms with van der Waals surface area (Å²) in [6.45, 7) is 0. The molecule has 4 N–H and O–H groups in total. The van der Waals surface area contributed by atoms with Gasteiger partial charge in [-0.3, -0.25) is 9.59 Å². The van der Waals surface area contributed by atoms with Crippen LogP contribution in [0.1, 0.15) is 20.7 Å². The van der Waals surface area contributed by atoms with Gasteiger partial charge < -0.3 is 20.8 Å². The number of aliphatic imine (C=N–C) groups is 1. The average molecular weight is 379 g/mol. The molecule has 0 spiro atoms. The Kier molecular flexibility index (Phi) is 4.99. The summed E-state index contributed by atoms with van der Waals surface area (Å²) in [5, 5.41) is 23.8. The molecule has 2 aromatic carbocycles. The van der Waals surface area contributed by atoms with Crippen LogP contribution in [0.15, 0.2) is 65.3 Å². The van der Waals surface area contributed by atoms with E-state index in [0.717, 1.165) is 6.08 Å². The van der Waals surface area contributed by atoms with Crippen molar-refractivity contribution < 1.29 is 29.4 Å². The predicted molar refractivity (Wildman–Crippen MR) is 99.6 cm³/mol. The quantitative estimate of drug-likeness (QED) is 0.577. The molecule has 1 heterocycles. The number of aromatic carboxylic acids is 2. The molecule has 3 rings (SSSR count). The van der Waals surface area contributed by atoms with Crippen molar-refractivity contribution in [2.24, 2.45) is 4.99 Å². The van der Waals surface area contributed by atoms with E-state index in [1.165, 1.54) is 36.4 Å². The van der Waals surface area contributed by atoms with E-state index in [1.807, 2.05) is 0 Å². The van der Waals surface area contributed by atoms with E-state index in [-0.39, 0.29) is 22.7 Å². The second kappa shape index (κ2) is 7.54. The van der Waals surface area contributed by atoms with Gasteiger partial charge in [-0.15, -0.1) is 0 Å². The van der Waals surface area contributed by atoms with Crippen LogP contribution in [0.4, 0.5) is 11.4 Å². The van der Waals surface area contributed by atoms with Gasteiger partial charge in [0.15, 0.2) is 5.84 Å². The van der Waals surface area contributed by atoms with Gasteiger partial charge in [0.05, 0.1) is 16.8 Å². The molecule has 2 aromatic rings. The first-order valence-corrected chi connectivity index (χ1v) is 7.93. The molecule has 0 atom stereocenters. The standard InChI is InChI=1S/C19H13N3O6/c23-15-9-14(20-12-5-1-3-10(7-12)18(25)26)16(22-17(15)24)21-13-6-2-4-11(8-13)19(27)28/h1-9,20H,(H,25,26)(H,27,28)(H,21,22,24). The zero-order valence-electron chi connectivity index (χ0n) is 14.2. The molecule has 28 heavy (non-hydrogen) atoms. The van der Waals surface area contributed by atoms with Crippen LogP contribution in [-0.2, 0) is 9.59 Å². The Bertz CT molecular complexity index is 985. The minimum absolute atomic E-state index is 0.00660. The third-order valence-corrected chi connectivity index (χ3v) is 3.72. The monoisotopic (exact) mass is 379 g/mol. The molecule has 0 bridgehead atoms. The molecule has 140 valence electrons. The number of nitrogens with one attached hydrogen (secondary N) is 2. The molecule has 9 nitrogen and oxygen atoms in total. The molecule has 0 aromatic heterocycles. The predicted octanol–water partition coefficient (Wildman–Crippen LogP) is 2.00. The highest BCUT2D eigenvalue weighted by Crippen LogP contribution is 2.18. The summed E-state index contributed by atoms with van der Waals surface area (Å²) in [4.78, 5) is 49.3. The van der Waals surface area contributed by atoms with Crippen LogP contribution in [0.2, 0.25) is 0 Å². The van der Waals surface area contributed by atoms with Gasteiger partial charge in [-0.2, -0.15) is 4.99 Å². The highest BCUT2D eigenvalue weighted by molar-refractivity contribution is 6.46. The van der Waals surface area contributed by atoms with Crippen LogP contribution in [0.25, 0.3) is 0 Å². The van der Waals surface area contributed by atoms with Crippen LogP contribution in [-0.4, -0.2) is 39.7 Å². The lowest BCUT2D eigenvalue weighted by Crippen LogP contribution is -2.29. The molecule has 0 aliphatic carbocycles. The Balaban J connectivity index is 1.90. The van der Waals surface area contributed by atoms with Gasteiger partial charge in [0.2, 0.25) is 5.78 Å².